The summed E-state index contributed by atoms with van der Waals surface area (Å²) < 4.78 is 0. The first-order valence-corrected chi connectivity index (χ1v) is 8.11. The van der Waals surface area contributed by atoms with Crippen molar-refractivity contribution in [2.24, 2.45) is 0 Å². The third-order valence-electron chi connectivity index (χ3n) is 3.58. The Labute approximate surface area is 128 Å². The van der Waals surface area contributed by atoms with Crippen molar-refractivity contribution < 1.29 is 10.2 Å². The average molecular weight is 304 g/mol. The number of hydrogen-bond acceptors (Lipinski definition) is 5. The smallest absolute Gasteiger partial charge is 0.158 e. The fourth-order valence-corrected chi connectivity index (χ4v) is 3.34. The lowest BCUT2D eigenvalue weighted by molar-refractivity contribution is 0.404. The summed E-state index contributed by atoms with van der Waals surface area (Å²) in [5.41, 5.74) is 2.06. The molecule has 0 spiro atoms. The van der Waals surface area contributed by atoms with E-state index in [0.29, 0.717) is 12.0 Å². The van der Waals surface area contributed by atoms with Crippen LogP contribution in [0.5, 0.6) is 11.5 Å². The molecule has 0 atom stereocenters. The molecule has 3 rings (SSSR count). The molecule has 2 aromatic rings. The molecule has 21 heavy (non-hydrogen) atoms. The largest absolute Gasteiger partial charge is 0.504 e. The molecule has 1 aromatic carbocycles. The van der Waals surface area contributed by atoms with Crippen LogP contribution in [0.4, 0.5) is 0 Å². The Kier molecular flexibility index (Phi) is 3.87. The van der Waals surface area contributed by atoms with Crippen LogP contribution in [0.15, 0.2) is 18.2 Å². The second-order valence-electron chi connectivity index (χ2n) is 5.84. The molecule has 0 saturated heterocycles. The zero-order valence-electron chi connectivity index (χ0n) is 12.3. The molecule has 4 nitrogen and oxygen atoms in total. The summed E-state index contributed by atoms with van der Waals surface area (Å²) in [6.45, 7) is 5.11. The zero-order chi connectivity index (χ0) is 15.0. The van der Waals surface area contributed by atoms with Crippen LogP contribution in [0, 0.1) is 0 Å². The zero-order valence-corrected chi connectivity index (χ0v) is 13.1. The maximum absolute atomic E-state index is 9.65. The van der Waals surface area contributed by atoms with Gasteiger partial charge in [0.25, 0.3) is 0 Å². The van der Waals surface area contributed by atoms with Crippen LogP contribution < -0.4 is 5.32 Å². The summed E-state index contributed by atoms with van der Waals surface area (Å²) >= 11 is 1.67. The Morgan fingerprint density at radius 3 is 2.67 bits per heavy atom. The molecule has 1 aromatic heterocycles. The first-order valence-electron chi connectivity index (χ1n) is 7.30. The standard InChI is InChI=1S/C16H20N2O2S/c1-9(2)17-8-14-15(10-3-4-10)18-16(21-14)11-5-6-12(19)13(20)7-11/h5-7,9-10,17,19-20H,3-4,8H2,1-2H3. The van der Waals surface area contributed by atoms with Crippen LogP contribution in [-0.4, -0.2) is 21.2 Å². The van der Waals surface area contributed by atoms with E-state index in [9.17, 15) is 10.2 Å². The van der Waals surface area contributed by atoms with Crippen molar-refractivity contribution in [3.63, 3.8) is 0 Å². The van der Waals surface area contributed by atoms with Crippen LogP contribution in [0.1, 0.15) is 43.2 Å². The second-order valence-corrected chi connectivity index (χ2v) is 6.92. The van der Waals surface area contributed by atoms with Gasteiger partial charge in [0.2, 0.25) is 0 Å². The molecule has 0 amide bonds. The highest BCUT2D eigenvalue weighted by molar-refractivity contribution is 7.15. The SMILES string of the molecule is CC(C)NCc1sc(-c2ccc(O)c(O)c2)nc1C1CC1. The topological polar surface area (TPSA) is 65.4 Å². The van der Waals surface area contributed by atoms with Crippen molar-refractivity contribution in [1.82, 2.24) is 10.3 Å². The van der Waals surface area contributed by atoms with Crippen molar-refractivity contribution in [2.75, 3.05) is 0 Å². The molecule has 1 aliphatic rings. The van der Waals surface area contributed by atoms with Gasteiger partial charge in [-0.15, -0.1) is 11.3 Å². The van der Waals surface area contributed by atoms with E-state index in [1.165, 1.54) is 29.5 Å². The monoisotopic (exact) mass is 304 g/mol. The lowest BCUT2D eigenvalue weighted by atomic mass is 10.2. The Bertz CT molecular complexity index is 648. The minimum atomic E-state index is -0.0995. The summed E-state index contributed by atoms with van der Waals surface area (Å²) in [6.07, 6.45) is 2.44. The highest BCUT2D eigenvalue weighted by Crippen LogP contribution is 2.44. The summed E-state index contributed by atoms with van der Waals surface area (Å²) in [4.78, 5) is 6.06. The molecule has 3 N–H and O–H groups in total. The van der Waals surface area contributed by atoms with E-state index in [4.69, 9.17) is 4.98 Å². The molecule has 0 unspecified atom stereocenters. The van der Waals surface area contributed by atoms with Gasteiger partial charge in [-0.05, 0) is 31.0 Å². The molecule has 1 saturated carbocycles. The number of nitrogens with one attached hydrogen (secondary N) is 1. The first kappa shape index (κ1) is 14.4. The van der Waals surface area contributed by atoms with Crippen molar-refractivity contribution in [3.05, 3.63) is 28.8 Å². The fraction of sp³-hybridized carbons (Fsp3) is 0.438. The van der Waals surface area contributed by atoms with Gasteiger partial charge in [0.1, 0.15) is 5.01 Å². The molecular weight excluding hydrogens is 284 g/mol. The number of benzene rings is 1. The van der Waals surface area contributed by atoms with Crippen LogP contribution in [-0.2, 0) is 6.54 Å². The van der Waals surface area contributed by atoms with Crippen LogP contribution >= 0.6 is 11.3 Å². The minimum absolute atomic E-state index is 0.0978. The van der Waals surface area contributed by atoms with Crippen LogP contribution in [0.25, 0.3) is 10.6 Å². The molecule has 0 radical (unpaired) electrons. The normalized spacial score (nSPS) is 14.8. The Balaban J connectivity index is 1.91. The van der Waals surface area contributed by atoms with Gasteiger partial charge < -0.3 is 15.5 Å². The lowest BCUT2D eigenvalue weighted by Gasteiger charge is -2.07. The van der Waals surface area contributed by atoms with E-state index < -0.39 is 0 Å². The predicted octanol–water partition coefficient (Wildman–Crippen LogP) is 3.60. The van der Waals surface area contributed by atoms with Gasteiger partial charge in [-0.3, -0.25) is 0 Å². The van der Waals surface area contributed by atoms with E-state index >= 15 is 0 Å². The highest BCUT2D eigenvalue weighted by atomic mass is 32.1. The Morgan fingerprint density at radius 1 is 1.29 bits per heavy atom. The predicted molar refractivity (Wildman–Crippen MR) is 84.8 cm³/mol. The average Bonchev–Trinajstić information content (AvgIpc) is 3.20. The molecule has 1 heterocycles. The number of nitrogens with zero attached hydrogens (tertiary/aromatic N) is 1. The Hall–Kier alpha value is -1.59. The number of aromatic hydroxyl groups is 2. The van der Waals surface area contributed by atoms with E-state index in [2.05, 4.69) is 19.2 Å². The van der Waals surface area contributed by atoms with E-state index in [1.54, 1.807) is 23.5 Å². The molecule has 1 aliphatic carbocycles. The molecule has 5 heteroatoms. The van der Waals surface area contributed by atoms with Crippen LogP contribution in [0.3, 0.4) is 0 Å². The third-order valence-corrected chi connectivity index (χ3v) is 4.71. The van der Waals surface area contributed by atoms with Gasteiger partial charge in [-0.1, -0.05) is 13.8 Å². The second kappa shape index (κ2) is 5.66. The molecule has 0 bridgehead atoms. The van der Waals surface area contributed by atoms with Gasteiger partial charge in [-0.2, -0.15) is 0 Å². The number of thiazole rings is 1. The molecule has 0 aliphatic heterocycles. The van der Waals surface area contributed by atoms with E-state index in [-0.39, 0.29) is 11.5 Å². The lowest BCUT2D eigenvalue weighted by Crippen LogP contribution is -2.21. The van der Waals surface area contributed by atoms with Gasteiger partial charge in [0.15, 0.2) is 11.5 Å². The maximum Gasteiger partial charge on any atom is 0.158 e. The molecule has 1 fully saturated rings. The summed E-state index contributed by atoms with van der Waals surface area (Å²) in [6, 6.07) is 5.32. The van der Waals surface area contributed by atoms with Crippen LogP contribution in [0.2, 0.25) is 0 Å². The number of rotatable bonds is 5. The number of aromatic nitrogens is 1. The number of phenolic OH excluding ortho intramolecular Hbond substituents is 2. The number of hydrogen-bond donors (Lipinski definition) is 3. The Morgan fingerprint density at radius 2 is 2.05 bits per heavy atom. The van der Waals surface area contributed by atoms with Crippen molar-refractivity contribution in [1.29, 1.82) is 0 Å². The summed E-state index contributed by atoms with van der Waals surface area (Å²) in [7, 11) is 0. The molecular formula is C16H20N2O2S. The van der Waals surface area contributed by atoms with Gasteiger partial charge in [-0.25, -0.2) is 4.98 Å². The van der Waals surface area contributed by atoms with Crippen molar-refractivity contribution in [3.8, 4) is 22.1 Å². The quantitative estimate of drug-likeness (QED) is 0.739. The summed E-state index contributed by atoms with van der Waals surface area (Å²) in [5, 5.41) is 23.4. The van der Waals surface area contributed by atoms with Gasteiger partial charge in [0, 0.05) is 28.9 Å². The summed E-state index contributed by atoms with van der Waals surface area (Å²) in [5.74, 6) is 0.404. The van der Waals surface area contributed by atoms with Gasteiger partial charge >= 0.3 is 0 Å². The van der Waals surface area contributed by atoms with E-state index in [0.717, 1.165) is 17.1 Å². The van der Waals surface area contributed by atoms with E-state index in [1.807, 2.05) is 0 Å². The van der Waals surface area contributed by atoms with Crippen molar-refractivity contribution in [2.45, 2.75) is 45.2 Å². The van der Waals surface area contributed by atoms with Crippen molar-refractivity contribution >= 4 is 11.3 Å². The fourth-order valence-electron chi connectivity index (χ4n) is 2.24. The molecule has 112 valence electrons. The number of phenols is 2. The minimum Gasteiger partial charge on any atom is -0.504 e. The highest BCUT2D eigenvalue weighted by Gasteiger charge is 2.29. The van der Waals surface area contributed by atoms with Gasteiger partial charge in [0.05, 0.1) is 5.69 Å². The third kappa shape index (κ3) is 3.19. The first-order chi connectivity index (χ1) is 10.0. The maximum atomic E-state index is 9.65.